The molecule has 0 unspecified atom stereocenters. The lowest BCUT2D eigenvalue weighted by Gasteiger charge is -2.35. The minimum absolute atomic E-state index is 0.0113. The van der Waals surface area contributed by atoms with Crippen molar-refractivity contribution in [2.45, 2.75) is 32.7 Å². The highest BCUT2D eigenvalue weighted by atomic mass is 16.5. The molecule has 1 saturated heterocycles. The Morgan fingerprint density at radius 2 is 2.08 bits per heavy atom. The molecule has 24 heavy (non-hydrogen) atoms. The summed E-state index contributed by atoms with van der Waals surface area (Å²) in [6, 6.07) is 7.16. The zero-order valence-electron chi connectivity index (χ0n) is 14.0. The maximum absolute atomic E-state index is 12.7. The van der Waals surface area contributed by atoms with Crippen LogP contribution in [0.4, 0.5) is 0 Å². The number of carbonyl (C=O) groups excluding carboxylic acids is 1. The van der Waals surface area contributed by atoms with Crippen molar-refractivity contribution in [3.05, 3.63) is 35.7 Å². The molecule has 128 valence electrons. The zero-order chi connectivity index (χ0) is 17.1. The molecule has 1 amide bonds. The molecular weight excluding hydrogens is 310 g/mol. The largest absolute Gasteiger partial charge is 0.486 e. The lowest BCUT2D eigenvalue weighted by Crippen LogP contribution is -2.48. The summed E-state index contributed by atoms with van der Waals surface area (Å²) in [5, 5.41) is 11.2. The third-order valence-electron chi connectivity index (χ3n) is 3.86. The van der Waals surface area contributed by atoms with E-state index >= 15 is 0 Å². The Morgan fingerprint density at radius 3 is 2.75 bits per heavy atom. The van der Waals surface area contributed by atoms with Gasteiger partial charge in [0.1, 0.15) is 12.4 Å². The lowest BCUT2D eigenvalue weighted by atomic mass is 10.1. The number of morpholine rings is 1. The fraction of sp³-hybridized carbons (Fsp3) is 0.500. The van der Waals surface area contributed by atoms with Crippen molar-refractivity contribution in [1.82, 2.24) is 25.1 Å². The molecule has 1 fully saturated rings. The Kier molecular flexibility index (Phi) is 4.75. The molecule has 0 saturated carbocycles. The number of carbonyl (C=O) groups is 1. The fourth-order valence-corrected chi connectivity index (χ4v) is 2.76. The topological polar surface area (TPSA) is 82.4 Å². The SMILES string of the molecule is C[C@@H]1CN(C(=O)c2cccc(OCc3nnnn3C)c2)C[C@H](C)O1. The first kappa shape index (κ1) is 16.4. The number of rotatable bonds is 4. The predicted octanol–water partition coefficient (Wildman–Crippen LogP) is 1.04. The van der Waals surface area contributed by atoms with Crippen molar-refractivity contribution in [2.75, 3.05) is 13.1 Å². The molecule has 1 aromatic heterocycles. The summed E-state index contributed by atoms with van der Waals surface area (Å²) in [5.74, 6) is 1.21. The van der Waals surface area contributed by atoms with E-state index in [1.54, 1.807) is 23.9 Å². The van der Waals surface area contributed by atoms with Gasteiger partial charge in [0.15, 0.2) is 5.82 Å². The molecule has 0 N–H and O–H groups in total. The number of benzene rings is 1. The molecule has 8 heteroatoms. The summed E-state index contributed by atoms with van der Waals surface area (Å²) in [4.78, 5) is 14.5. The fourth-order valence-electron chi connectivity index (χ4n) is 2.76. The Hall–Kier alpha value is -2.48. The van der Waals surface area contributed by atoms with Crippen molar-refractivity contribution in [1.29, 1.82) is 0 Å². The highest BCUT2D eigenvalue weighted by Crippen LogP contribution is 2.19. The van der Waals surface area contributed by atoms with E-state index < -0.39 is 0 Å². The highest BCUT2D eigenvalue weighted by Gasteiger charge is 2.26. The van der Waals surface area contributed by atoms with Crippen LogP contribution in [0.5, 0.6) is 5.75 Å². The van der Waals surface area contributed by atoms with E-state index in [9.17, 15) is 4.79 Å². The van der Waals surface area contributed by atoms with Crippen LogP contribution in [0.3, 0.4) is 0 Å². The number of aryl methyl sites for hydroxylation is 1. The Morgan fingerprint density at radius 1 is 1.33 bits per heavy atom. The van der Waals surface area contributed by atoms with Crippen LogP contribution >= 0.6 is 0 Å². The van der Waals surface area contributed by atoms with Crippen LogP contribution in [0.15, 0.2) is 24.3 Å². The van der Waals surface area contributed by atoms with Gasteiger partial charge in [-0.05, 0) is 42.5 Å². The molecule has 0 bridgehead atoms. The van der Waals surface area contributed by atoms with Crippen molar-refractivity contribution >= 4 is 5.91 Å². The predicted molar refractivity (Wildman–Crippen MR) is 85.5 cm³/mol. The van der Waals surface area contributed by atoms with Gasteiger partial charge in [0.05, 0.1) is 12.2 Å². The second kappa shape index (κ2) is 6.96. The van der Waals surface area contributed by atoms with Gasteiger partial charge in [0, 0.05) is 25.7 Å². The minimum atomic E-state index is -0.0113. The summed E-state index contributed by atoms with van der Waals surface area (Å²) >= 11 is 0. The number of hydrogen-bond donors (Lipinski definition) is 0. The Bertz CT molecular complexity index is 707. The second-order valence-electron chi connectivity index (χ2n) is 6.00. The number of ether oxygens (including phenoxy) is 2. The van der Waals surface area contributed by atoms with Crippen LogP contribution in [0.1, 0.15) is 30.0 Å². The van der Waals surface area contributed by atoms with E-state index in [1.807, 2.05) is 30.9 Å². The monoisotopic (exact) mass is 331 g/mol. The van der Waals surface area contributed by atoms with E-state index in [1.165, 1.54) is 0 Å². The van der Waals surface area contributed by atoms with Gasteiger partial charge in [-0.15, -0.1) is 5.10 Å². The van der Waals surface area contributed by atoms with Crippen LogP contribution in [0, 0.1) is 0 Å². The van der Waals surface area contributed by atoms with Crippen LogP contribution in [0.2, 0.25) is 0 Å². The van der Waals surface area contributed by atoms with Crippen LogP contribution in [-0.2, 0) is 18.4 Å². The quantitative estimate of drug-likeness (QED) is 0.832. The lowest BCUT2D eigenvalue weighted by molar-refractivity contribution is -0.0586. The third-order valence-corrected chi connectivity index (χ3v) is 3.86. The van der Waals surface area contributed by atoms with E-state index in [2.05, 4.69) is 15.5 Å². The maximum Gasteiger partial charge on any atom is 0.254 e. The first-order valence-electron chi connectivity index (χ1n) is 7.91. The van der Waals surface area contributed by atoms with Gasteiger partial charge in [0.2, 0.25) is 0 Å². The van der Waals surface area contributed by atoms with E-state index in [0.717, 1.165) is 0 Å². The van der Waals surface area contributed by atoms with Gasteiger partial charge in [-0.3, -0.25) is 4.79 Å². The molecule has 2 heterocycles. The van der Waals surface area contributed by atoms with E-state index in [4.69, 9.17) is 9.47 Å². The summed E-state index contributed by atoms with van der Waals surface area (Å²) in [7, 11) is 1.75. The van der Waals surface area contributed by atoms with Gasteiger partial charge in [-0.2, -0.15) is 0 Å². The van der Waals surface area contributed by atoms with E-state index in [-0.39, 0.29) is 24.7 Å². The van der Waals surface area contributed by atoms with Crippen LogP contribution in [-0.4, -0.2) is 56.3 Å². The van der Waals surface area contributed by atoms with Crippen molar-refractivity contribution < 1.29 is 14.3 Å². The minimum Gasteiger partial charge on any atom is -0.486 e. The molecule has 8 nitrogen and oxygen atoms in total. The average Bonchev–Trinajstić information content (AvgIpc) is 2.97. The van der Waals surface area contributed by atoms with Gasteiger partial charge in [-0.25, -0.2) is 4.68 Å². The number of aromatic nitrogens is 4. The standard InChI is InChI=1S/C16H21N5O3/c1-11-8-21(9-12(2)24-11)16(22)13-5-4-6-14(7-13)23-10-15-17-18-19-20(15)3/h4-7,11-12H,8-10H2,1-3H3/t11-,12+. The van der Waals surface area contributed by atoms with Crippen molar-refractivity contribution in [2.24, 2.45) is 7.05 Å². The van der Waals surface area contributed by atoms with Gasteiger partial charge in [0.25, 0.3) is 5.91 Å². The Labute approximate surface area is 140 Å². The molecule has 0 aliphatic carbocycles. The number of amides is 1. The molecule has 0 spiro atoms. The molecular formula is C16H21N5O3. The first-order valence-corrected chi connectivity index (χ1v) is 7.91. The van der Waals surface area contributed by atoms with Gasteiger partial charge < -0.3 is 14.4 Å². The first-order chi connectivity index (χ1) is 11.5. The van der Waals surface area contributed by atoms with Crippen LogP contribution < -0.4 is 4.74 Å². The maximum atomic E-state index is 12.7. The normalized spacial score (nSPS) is 20.9. The molecule has 3 rings (SSSR count). The zero-order valence-corrected chi connectivity index (χ0v) is 14.0. The summed E-state index contributed by atoms with van der Waals surface area (Å²) in [5.41, 5.74) is 0.602. The Balaban J connectivity index is 1.68. The third kappa shape index (κ3) is 3.70. The van der Waals surface area contributed by atoms with Crippen LogP contribution in [0.25, 0.3) is 0 Å². The van der Waals surface area contributed by atoms with Gasteiger partial charge in [-0.1, -0.05) is 6.07 Å². The average molecular weight is 331 g/mol. The van der Waals surface area contributed by atoms with Crippen molar-refractivity contribution in [3.63, 3.8) is 0 Å². The van der Waals surface area contributed by atoms with E-state index in [0.29, 0.717) is 30.2 Å². The number of hydrogen-bond acceptors (Lipinski definition) is 6. The number of tetrazole rings is 1. The second-order valence-corrected chi connectivity index (χ2v) is 6.00. The molecule has 1 aliphatic heterocycles. The molecule has 1 aromatic carbocycles. The summed E-state index contributed by atoms with van der Waals surface area (Å²) in [6.45, 7) is 5.39. The smallest absolute Gasteiger partial charge is 0.254 e. The molecule has 0 radical (unpaired) electrons. The van der Waals surface area contributed by atoms with Gasteiger partial charge >= 0.3 is 0 Å². The number of nitrogens with zero attached hydrogens (tertiary/aromatic N) is 5. The molecule has 1 aliphatic rings. The summed E-state index contributed by atoms with van der Waals surface area (Å²) in [6.07, 6.45) is 0.0843. The summed E-state index contributed by atoms with van der Waals surface area (Å²) < 4.78 is 12.9. The molecule has 2 atom stereocenters. The highest BCUT2D eigenvalue weighted by molar-refractivity contribution is 5.94. The molecule has 2 aromatic rings. The van der Waals surface area contributed by atoms with Crippen molar-refractivity contribution in [3.8, 4) is 5.75 Å².